The van der Waals surface area contributed by atoms with E-state index < -0.39 is 28.5 Å². The Morgan fingerprint density at radius 2 is 1.76 bits per heavy atom. The predicted molar refractivity (Wildman–Crippen MR) is 143 cm³/mol. The number of amides is 2. The SMILES string of the molecule is CCCCNC(=O)C(C)N(Cc1ccccc1C)C(=O)CN(c1ccc2c(c1)OCCO2)S(=O)(=O)CC. The highest BCUT2D eigenvalue weighted by atomic mass is 32.2. The Morgan fingerprint density at radius 1 is 1.05 bits per heavy atom. The van der Waals surface area contributed by atoms with Crippen LogP contribution in [0.4, 0.5) is 5.69 Å². The molecule has 1 unspecified atom stereocenters. The molecule has 1 atom stereocenters. The molecule has 0 aromatic heterocycles. The van der Waals surface area contributed by atoms with Crippen molar-refractivity contribution in [2.75, 3.05) is 36.4 Å². The minimum Gasteiger partial charge on any atom is -0.486 e. The van der Waals surface area contributed by atoms with Crippen LogP contribution in [0.15, 0.2) is 42.5 Å². The molecular formula is C27H37N3O6S. The molecule has 2 amide bonds. The first-order valence-corrected chi connectivity index (χ1v) is 14.3. The number of hydrogen-bond donors (Lipinski definition) is 1. The highest BCUT2D eigenvalue weighted by Gasteiger charge is 2.31. The number of carbonyl (C=O) groups is 2. The quantitative estimate of drug-likeness (QED) is 0.422. The molecule has 9 nitrogen and oxygen atoms in total. The summed E-state index contributed by atoms with van der Waals surface area (Å²) in [5.41, 5.74) is 2.16. The van der Waals surface area contributed by atoms with Crippen molar-refractivity contribution >= 4 is 27.5 Å². The number of aryl methyl sites for hydroxylation is 1. The average molecular weight is 532 g/mol. The summed E-state index contributed by atoms with van der Waals surface area (Å²) in [6.45, 7) is 8.17. The van der Waals surface area contributed by atoms with Gasteiger partial charge in [-0.1, -0.05) is 37.6 Å². The number of anilines is 1. The van der Waals surface area contributed by atoms with Crippen molar-refractivity contribution in [3.63, 3.8) is 0 Å². The summed E-state index contributed by atoms with van der Waals surface area (Å²) in [6, 6.07) is 11.6. The molecule has 10 heteroatoms. The molecule has 2 aromatic carbocycles. The van der Waals surface area contributed by atoms with Gasteiger partial charge in [0.25, 0.3) is 0 Å². The van der Waals surface area contributed by atoms with E-state index in [4.69, 9.17) is 9.47 Å². The number of benzene rings is 2. The number of nitrogens with zero attached hydrogens (tertiary/aromatic N) is 2. The summed E-state index contributed by atoms with van der Waals surface area (Å²) in [5, 5.41) is 2.88. The number of nitrogens with one attached hydrogen (secondary N) is 1. The molecule has 1 heterocycles. The van der Waals surface area contributed by atoms with Gasteiger partial charge in [0.15, 0.2) is 11.5 Å². The van der Waals surface area contributed by atoms with Gasteiger partial charge in [0.1, 0.15) is 25.8 Å². The minimum absolute atomic E-state index is 0.176. The summed E-state index contributed by atoms with van der Waals surface area (Å²) in [4.78, 5) is 28.1. The molecule has 37 heavy (non-hydrogen) atoms. The largest absolute Gasteiger partial charge is 0.486 e. The fraction of sp³-hybridized carbons (Fsp3) is 0.481. The first-order valence-electron chi connectivity index (χ1n) is 12.7. The van der Waals surface area contributed by atoms with Crippen LogP contribution < -0.4 is 19.1 Å². The van der Waals surface area contributed by atoms with E-state index in [-0.39, 0.29) is 18.2 Å². The molecule has 0 spiro atoms. The van der Waals surface area contributed by atoms with Crippen molar-refractivity contribution < 1.29 is 27.5 Å². The molecule has 3 rings (SSSR count). The van der Waals surface area contributed by atoms with Gasteiger partial charge in [0.05, 0.1) is 11.4 Å². The third-order valence-electron chi connectivity index (χ3n) is 6.39. The normalized spacial score (nSPS) is 13.5. The van der Waals surface area contributed by atoms with E-state index in [9.17, 15) is 18.0 Å². The molecule has 0 saturated carbocycles. The molecule has 0 saturated heterocycles. The molecule has 0 fully saturated rings. The lowest BCUT2D eigenvalue weighted by molar-refractivity contribution is -0.139. The van der Waals surface area contributed by atoms with E-state index in [1.807, 2.05) is 38.1 Å². The van der Waals surface area contributed by atoms with Gasteiger partial charge < -0.3 is 19.7 Å². The van der Waals surface area contributed by atoms with Gasteiger partial charge in [-0.15, -0.1) is 0 Å². The highest BCUT2D eigenvalue weighted by molar-refractivity contribution is 7.92. The number of ether oxygens (including phenoxy) is 2. The van der Waals surface area contributed by atoms with E-state index in [2.05, 4.69) is 5.32 Å². The minimum atomic E-state index is -3.82. The first kappa shape index (κ1) is 28.3. The van der Waals surface area contributed by atoms with Crippen molar-refractivity contribution in [1.82, 2.24) is 10.2 Å². The fourth-order valence-electron chi connectivity index (χ4n) is 4.00. The van der Waals surface area contributed by atoms with Crippen LogP contribution in [0.5, 0.6) is 11.5 Å². The Kier molecular flexibility index (Phi) is 9.79. The summed E-state index contributed by atoms with van der Waals surface area (Å²) in [6.07, 6.45) is 1.76. The predicted octanol–water partition coefficient (Wildman–Crippen LogP) is 3.26. The number of hydrogen-bond acceptors (Lipinski definition) is 6. The Bertz CT molecular complexity index is 1200. The number of fused-ring (bicyclic) bond motifs is 1. The summed E-state index contributed by atoms with van der Waals surface area (Å²) < 4.78 is 38.5. The second-order valence-corrected chi connectivity index (χ2v) is 11.2. The van der Waals surface area contributed by atoms with Gasteiger partial charge in [-0.05, 0) is 50.5 Å². The lowest BCUT2D eigenvalue weighted by Gasteiger charge is -2.32. The van der Waals surface area contributed by atoms with Gasteiger partial charge in [0, 0.05) is 19.2 Å². The fourth-order valence-corrected chi connectivity index (χ4v) is 5.05. The molecular weight excluding hydrogens is 494 g/mol. The van der Waals surface area contributed by atoms with E-state index >= 15 is 0 Å². The zero-order valence-electron chi connectivity index (χ0n) is 22.0. The zero-order valence-corrected chi connectivity index (χ0v) is 22.8. The maximum Gasteiger partial charge on any atom is 0.244 e. The topological polar surface area (TPSA) is 105 Å². The molecule has 0 radical (unpaired) electrons. The monoisotopic (exact) mass is 531 g/mol. The third-order valence-corrected chi connectivity index (χ3v) is 8.13. The summed E-state index contributed by atoms with van der Waals surface area (Å²) in [5.74, 6) is -0.00544. The molecule has 0 bridgehead atoms. The first-order chi connectivity index (χ1) is 17.7. The van der Waals surface area contributed by atoms with Crippen LogP contribution in [0, 0.1) is 6.92 Å². The van der Waals surface area contributed by atoms with Crippen molar-refractivity contribution in [3.8, 4) is 11.5 Å². The van der Waals surface area contributed by atoms with Gasteiger partial charge in [-0.2, -0.15) is 0 Å². The standard InChI is InChI=1S/C27H37N3O6S/c1-5-7-14-28-27(32)21(4)29(18-22-11-9-8-10-20(22)3)26(31)19-30(37(33,34)6-2)23-12-13-24-25(17-23)36-16-15-35-24/h8-13,17,21H,5-7,14-16,18-19H2,1-4H3,(H,28,32). The Balaban J connectivity index is 1.93. The molecule has 1 N–H and O–H groups in total. The lowest BCUT2D eigenvalue weighted by Crippen LogP contribution is -2.51. The van der Waals surface area contributed by atoms with Crippen molar-refractivity contribution in [3.05, 3.63) is 53.6 Å². The second-order valence-electron chi connectivity index (χ2n) is 9.00. The Morgan fingerprint density at radius 3 is 2.43 bits per heavy atom. The van der Waals surface area contributed by atoms with Crippen molar-refractivity contribution in [1.29, 1.82) is 0 Å². The smallest absolute Gasteiger partial charge is 0.244 e. The van der Waals surface area contributed by atoms with Crippen LogP contribution in [0.3, 0.4) is 0 Å². The molecule has 202 valence electrons. The number of sulfonamides is 1. The van der Waals surface area contributed by atoms with Crippen molar-refractivity contribution in [2.45, 2.75) is 53.1 Å². The lowest BCUT2D eigenvalue weighted by atomic mass is 10.1. The van der Waals surface area contributed by atoms with Gasteiger partial charge >= 0.3 is 0 Å². The summed E-state index contributed by atoms with van der Waals surface area (Å²) in [7, 11) is -3.82. The van der Waals surface area contributed by atoms with E-state index in [0.29, 0.717) is 36.9 Å². The van der Waals surface area contributed by atoms with Gasteiger partial charge in [-0.3, -0.25) is 13.9 Å². The van der Waals surface area contributed by atoms with Crippen LogP contribution in [-0.2, 0) is 26.2 Å². The third kappa shape index (κ3) is 7.15. The van der Waals surface area contributed by atoms with E-state index in [1.54, 1.807) is 25.1 Å². The van der Waals surface area contributed by atoms with Crippen LogP contribution in [0.25, 0.3) is 0 Å². The van der Waals surface area contributed by atoms with Crippen LogP contribution in [0.1, 0.15) is 44.7 Å². The van der Waals surface area contributed by atoms with Crippen LogP contribution >= 0.6 is 0 Å². The molecule has 2 aromatic rings. The molecule has 1 aliphatic heterocycles. The summed E-state index contributed by atoms with van der Waals surface area (Å²) >= 11 is 0. The van der Waals surface area contributed by atoms with Gasteiger partial charge in [-0.25, -0.2) is 8.42 Å². The number of rotatable bonds is 12. The highest BCUT2D eigenvalue weighted by Crippen LogP contribution is 2.35. The molecule has 1 aliphatic rings. The molecule has 0 aliphatic carbocycles. The van der Waals surface area contributed by atoms with E-state index in [0.717, 1.165) is 28.3 Å². The zero-order chi connectivity index (χ0) is 27.0. The maximum atomic E-state index is 13.8. The second kappa shape index (κ2) is 12.8. The van der Waals surface area contributed by atoms with Crippen molar-refractivity contribution in [2.24, 2.45) is 0 Å². The van der Waals surface area contributed by atoms with Crippen LogP contribution in [0.2, 0.25) is 0 Å². The maximum absolute atomic E-state index is 13.8. The van der Waals surface area contributed by atoms with Gasteiger partial charge in [0.2, 0.25) is 21.8 Å². The Hall–Kier alpha value is -3.27. The number of carbonyl (C=O) groups excluding carboxylic acids is 2. The van der Waals surface area contributed by atoms with E-state index in [1.165, 1.54) is 11.8 Å². The Labute approximate surface area is 219 Å². The average Bonchev–Trinajstić information content (AvgIpc) is 2.90. The number of unbranched alkanes of at least 4 members (excludes halogenated alkanes) is 1. The van der Waals surface area contributed by atoms with Crippen LogP contribution in [-0.4, -0.2) is 63.2 Å².